The summed E-state index contributed by atoms with van der Waals surface area (Å²) >= 11 is 7.33. The van der Waals surface area contributed by atoms with E-state index in [1.165, 1.54) is 11.3 Å². The maximum absolute atomic E-state index is 12.3. The summed E-state index contributed by atoms with van der Waals surface area (Å²) in [7, 11) is 0. The van der Waals surface area contributed by atoms with Crippen molar-refractivity contribution in [2.24, 2.45) is 5.41 Å². The standard InChI is InChI=1S/C14H22ClNOS/c1-5-10-7-9-18-12(10)13(17)16-11(6-8-15)14(2,3)4/h7,9,11H,5-6,8H2,1-4H3,(H,16,17). The average molecular weight is 288 g/mol. The normalized spacial score (nSPS) is 13.4. The molecule has 0 aliphatic rings. The van der Waals surface area contributed by atoms with Crippen molar-refractivity contribution in [1.82, 2.24) is 5.32 Å². The van der Waals surface area contributed by atoms with E-state index in [4.69, 9.17) is 11.6 Å². The fourth-order valence-electron chi connectivity index (χ4n) is 1.87. The third-order valence-corrected chi connectivity index (χ3v) is 4.26. The van der Waals surface area contributed by atoms with Gasteiger partial charge in [-0.2, -0.15) is 0 Å². The minimum absolute atomic E-state index is 0.0220. The van der Waals surface area contributed by atoms with E-state index in [0.717, 1.165) is 23.3 Å². The fraction of sp³-hybridized carbons (Fsp3) is 0.643. The number of rotatable bonds is 5. The SMILES string of the molecule is CCc1ccsc1C(=O)NC(CCCl)C(C)(C)C. The zero-order valence-corrected chi connectivity index (χ0v) is 13.1. The summed E-state index contributed by atoms with van der Waals surface area (Å²) in [6, 6.07) is 2.13. The number of thiophene rings is 1. The summed E-state index contributed by atoms with van der Waals surface area (Å²) in [5.41, 5.74) is 1.14. The Bertz CT molecular complexity index is 395. The second-order valence-electron chi connectivity index (χ2n) is 5.50. The van der Waals surface area contributed by atoms with Crippen molar-refractivity contribution in [2.45, 2.75) is 46.6 Å². The number of hydrogen-bond donors (Lipinski definition) is 1. The van der Waals surface area contributed by atoms with Gasteiger partial charge in [0, 0.05) is 11.9 Å². The Morgan fingerprint density at radius 2 is 2.17 bits per heavy atom. The number of carbonyl (C=O) groups is 1. The van der Waals surface area contributed by atoms with Crippen LogP contribution >= 0.6 is 22.9 Å². The van der Waals surface area contributed by atoms with Crippen molar-refractivity contribution < 1.29 is 4.79 Å². The first-order valence-corrected chi connectivity index (χ1v) is 7.74. The zero-order chi connectivity index (χ0) is 13.8. The largest absolute Gasteiger partial charge is 0.348 e. The summed E-state index contributed by atoms with van der Waals surface area (Å²) in [5, 5.41) is 5.10. The Labute approximate surface area is 119 Å². The summed E-state index contributed by atoms with van der Waals surface area (Å²) in [6.45, 7) is 8.44. The van der Waals surface area contributed by atoms with E-state index in [1.807, 2.05) is 11.4 Å². The van der Waals surface area contributed by atoms with E-state index < -0.39 is 0 Å². The highest BCUT2D eigenvalue weighted by Gasteiger charge is 2.26. The molecule has 0 saturated carbocycles. The topological polar surface area (TPSA) is 29.1 Å². The van der Waals surface area contributed by atoms with Crippen molar-refractivity contribution in [3.63, 3.8) is 0 Å². The first kappa shape index (κ1) is 15.5. The monoisotopic (exact) mass is 287 g/mol. The lowest BCUT2D eigenvalue weighted by Crippen LogP contribution is -2.44. The van der Waals surface area contributed by atoms with Crippen molar-refractivity contribution in [2.75, 3.05) is 5.88 Å². The molecule has 1 unspecified atom stereocenters. The molecule has 0 saturated heterocycles. The molecule has 1 aromatic heterocycles. The van der Waals surface area contributed by atoms with E-state index >= 15 is 0 Å². The van der Waals surface area contributed by atoms with E-state index in [1.54, 1.807) is 0 Å². The highest BCUT2D eigenvalue weighted by molar-refractivity contribution is 7.12. The summed E-state index contributed by atoms with van der Waals surface area (Å²) in [4.78, 5) is 13.1. The second-order valence-corrected chi connectivity index (χ2v) is 6.79. The lowest BCUT2D eigenvalue weighted by atomic mass is 9.85. The van der Waals surface area contributed by atoms with Gasteiger partial charge in [0.1, 0.15) is 0 Å². The molecule has 0 aliphatic carbocycles. The number of hydrogen-bond acceptors (Lipinski definition) is 2. The van der Waals surface area contributed by atoms with Crippen LogP contribution in [0.1, 0.15) is 49.4 Å². The predicted octanol–water partition coefficient (Wildman–Crippen LogP) is 4.08. The minimum Gasteiger partial charge on any atom is -0.348 e. The molecule has 102 valence electrons. The Hall–Kier alpha value is -0.540. The Morgan fingerprint density at radius 3 is 2.67 bits per heavy atom. The van der Waals surface area contributed by atoms with Crippen LogP contribution in [0.15, 0.2) is 11.4 Å². The number of nitrogens with one attached hydrogen (secondary N) is 1. The van der Waals surface area contributed by atoms with Crippen molar-refractivity contribution in [3.8, 4) is 0 Å². The molecule has 18 heavy (non-hydrogen) atoms. The van der Waals surface area contributed by atoms with Crippen LogP contribution in [0.2, 0.25) is 0 Å². The van der Waals surface area contributed by atoms with Gasteiger partial charge in [0.05, 0.1) is 4.88 Å². The predicted molar refractivity (Wildman–Crippen MR) is 79.7 cm³/mol. The van der Waals surface area contributed by atoms with Gasteiger partial charge in [-0.25, -0.2) is 0 Å². The summed E-state index contributed by atoms with van der Waals surface area (Å²) < 4.78 is 0. The lowest BCUT2D eigenvalue weighted by Gasteiger charge is -2.31. The molecule has 1 atom stereocenters. The third kappa shape index (κ3) is 3.99. The van der Waals surface area contributed by atoms with Crippen LogP contribution in [0, 0.1) is 5.41 Å². The molecule has 1 amide bonds. The highest BCUT2D eigenvalue weighted by atomic mass is 35.5. The van der Waals surface area contributed by atoms with Gasteiger partial charge in [-0.3, -0.25) is 4.79 Å². The molecule has 0 aromatic carbocycles. The van der Waals surface area contributed by atoms with Gasteiger partial charge in [0.15, 0.2) is 0 Å². The summed E-state index contributed by atoms with van der Waals surface area (Å²) in [6.07, 6.45) is 1.69. The minimum atomic E-state index is 0.0220. The first-order chi connectivity index (χ1) is 8.40. The molecular weight excluding hydrogens is 266 g/mol. The van der Waals surface area contributed by atoms with Gasteiger partial charge >= 0.3 is 0 Å². The number of alkyl halides is 1. The Morgan fingerprint density at radius 1 is 1.50 bits per heavy atom. The van der Waals surface area contributed by atoms with Crippen molar-refractivity contribution >= 4 is 28.8 Å². The molecule has 1 N–H and O–H groups in total. The lowest BCUT2D eigenvalue weighted by molar-refractivity contribution is 0.0904. The Kier molecular flexibility index (Phi) is 5.67. The van der Waals surface area contributed by atoms with E-state index in [9.17, 15) is 4.79 Å². The zero-order valence-electron chi connectivity index (χ0n) is 11.5. The average Bonchev–Trinajstić information content (AvgIpc) is 2.75. The van der Waals surface area contributed by atoms with Crippen LogP contribution in [-0.4, -0.2) is 17.8 Å². The molecule has 0 radical (unpaired) electrons. The van der Waals surface area contributed by atoms with Crippen LogP contribution in [0.3, 0.4) is 0 Å². The first-order valence-electron chi connectivity index (χ1n) is 6.33. The van der Waals surface area contributed by atoms with Crippen LogP contribution in [0.5, 0.6) is 0 Å². The molecule has 1 heterocycles. The van der Waals surface area contributed by atoms with Gasteiger partial charge < -0.3 is 5.32 Å². The molecule has 2 nitrogen and oxygen atoms in total. The number of amides is 1. The second kappa shape index (κ2) is 6.58. The molecular formula is C14H22ClNOS. The maximum atomic E-state index is 12.3. The van der Waals surface area contributed by atoms with E-state index in [-0.39, 0.29) is 17.4 Å². The highest BCUT2D eigenvalue weighted by Crippen LogP contribution is 2.24. The van der Waals surface area contributed by atoms with Gasteiger partial charge in [0.2, 0.25) is 0 Å². The molecule has 0 spiro atoms. The van der Waals surface area contributed by atoms with Gasteiger partial charge in [-0.15, -0.1) is 22.9 Å². The number of carbonyl (C=O) groups excluding carboxylic acids is 1. The van der Waals surface area contributed by atoms with Crippen molar-refractivity contribution in [1.29, 1.82) is 0 Å². The van der Waals surface area contributed by atoms with E-state index in [2.05, 4.69) is 33.0 Å². The molecule has 0 fully saturated rings. The smallest absolute Gasteiger partial charge is 0.261 e. The van der Waals surface area contributed by atoms with Crippen LogP contribution in [0.25, 0.3) is 0 Å². The quantitative estimate of drug-likeness (QED) is 0.812. The number of aryl methyl sites for hydroxylation is 1. The van der Waals surface area contributed by atoms with Crippen LogP contribution in [0.4, 0.5) is 0 Å². The Balaban J connectivity index is 2.79. The molecule has 4 heteroatoms. The number of halogens is 1. The maximum Gasteiger partial charge on any atom is 0.261 e. The van der Waals surface area contributed by atoms with Crippen LogP contribution in [-0.2, 0) is 6.42 Å². The fourth-order valence-corrected chi connectivity index (χ4v) is 2.98. The van der Waals surface area contributed by atoms with Crippen molar-refractivity contribution in [3.05, 3.63) is 21.9 Å². The molecule has 0 bridgehead atoms. The van der Waals surface area contributed by atoms with E-state index in [0.29, 0.717) is 5.88 Å². The molecule has 1 rings (SSSR count). The van der Waals surface area contributed by atoms with Crippen LogP contribution < -0.4 is 5.32 Å². The van der Waals surface area contributed by atoms with Gasteiger partial charge in [0.25, 0.3) is 5.91 Å². The summed E-state index contributed by atoms with van der Waals surface area (Å²) in [5.74, 6) is 0.597. The van der Waals surface area contributed by atoms with Gasteiger partial charge in [-0.1, -0.05) is 27.7 Å². The molecule has 1 aromatic rings. The van der Waals surface area contributed by atoms with Gasteiger partial charge in [-0.05, 0) is 35.3 Å². The molecule has 0 aliphatic heterocycles. The third-order valence-electron chi connectivity index (χ3n) is 3.08.